The fraction of sp³-hybridized carbons (Fsp3) is 0.333. The Morgan fingerprint density at radius 1 is 1.24 bits per heavy atom. The van der Waals surface area contributed by atoms with E-state index in [4.69, 9.17) is 10.5 Å². The Kier molecular flexibility index (Phi) is 5.43. The Hall–Kier alpha value is -3.95. The minimum absolute atomic E-state index is 0.0157. The molecule has 34 heavy (non-hydrogen) atoms. The van der Waals surface area contributed by atoms with E-state index >= 15 is 4.39 Å². The van der Waals surface area contributed by atoms with Crippen molar-refractivity contribution in [3.63, 3.8) is 0 Å². The molecule has 1 saturated heterocycles. The highest BCUT2D eigenvalue weighted by Gasteiger charge is 2.31. The van der Waals surface area contributed by atoms with Crippen LogP contribution in [0.3, 0.4) is 0 Å². The van der Waals surface area contributed by atoms with E-state index in [1.165, 1.54) is 13.1 Å². The smallest absolute Gasteiger partial charge is 0.413 e. The lowest BCUT2D eigenvalue weighted by Gasteiger charge is -2.37. The van der Waals surface area contributed by atoms with Gasteiger partial charge in [0.25, 0.3) is 0 Å². The molecule has 3 aromatic rings. The van der Waals surface area contributed by atoms with Crippen LogP contribution in [0.5, 0.6) is 0 Å². The number of nitrogen functional groups attached to an aromatic ring is 1. The van der Waals surface area contributed by atoms with Gasteiger partial charge < -0.3 is 20.7 Å². The Morgan fingerprint density at radius 2 is 2.03 bits per heavy atom. The molecule has 176 valence electrons. The number of amides is 2. The molecule has 0 saturated carbocycles. The SMILES string of the molecule is CC(=O)N1CC(OC(=O)Nc2cc3cc(-c4cnc5c(c4C)NCCC5)c(F)c(N)c3cn2)C1. The fourth-order valence-corrected chi connectivity index (χ4v) is 4.44. The van der Waals surface area contributed by atoms with E-state index in [0.29, 0.717) is 35.0 Å². The van der Waals surface area contributed by atoms with Gasteiger partial charge in [0.15, 0.2) is 5.82 Å². The zero-order valence-electron chi connectivity index (χ0n) is 18.9. The molecule has 0 unspecified atom stereocenters. The monoisotopic (exact) mass is 464 g/mol. The number of likely N-dealkylation sites (tertiary alicyclic amines) is 1. The number of carbonyl (C=O) groups is 2. The molecule has 0 spiro atoms. The van der Waals surface area contributed by atoms with Crippen LogP contribution < -0.4 is 16.4 Å². The molecule has 2 amide bonds. The number of carbonyl (C=O) groups excluding carboxylic acids is 2. The Morgan fingerprint density at radius 3 is 2.79 bits per heavy atom. The van der Waals surface area contributed by atoms with Crippen LogP contribution in [0.2, 0.25) is 0 Å². The maximum atomic E-state index is 15.3. The lowest BCUT2D eigenvalue weighted by atomic mass is 9.95. The van der Waals surface area contributed by atoms with Crippen LogP contribution in [-0.2, 0) is 16.0 Å². The predicted molar refractivity (Wildman–Crippen MR) is 127 cm³/mol. The summed E-state index contributed by atoms with van der Waals surface area (Å²) in [5.41, 5.74) is 9.95. The average molecular weight is 465 g/mol. The number of nitrogens with zero attached hydrogens (tertiary/aromatic N) is 3. The van der Waals surface area contributed by atoms with Crippen LogP contribution in [0.15, 0.2) is 24.5 Å². The van der Waals surface area contributed by atoms with Crippen molar-refractivity contribution >= 4 is 40.0 Å². The molecule has 0 radical (unpaired) electrons. The summed E-state index contributed by atoms with van der Waals surface area (Å²) < 4.78 is 20.6. The molecule has 2 aromatic heterocycles. The Labute approximate surface area is 195 Å². The topological polar surface area (TPSA) is 122 Å². The van der Waals surface area contributed by atoms with E-state index in [9.17, 15) is 9.59 Å². The van der Waals surface area contributed by atoms with E-state index in [0.717, 1.165) is 36.3 Å². The van der Waals surface area contributed by atoms with E-state index in [2.05, 4.69) is 20.6 Å². The van der Waals surface area contributed by atoms with E-state index < -0.39 is 11.9 Å². The zero-order chi connectivity index (χ0) is 24.0. The molecule has 0 atom stereocenters. The quantitative estimate of drug-likeness (QED) is 0.507. The number of fused-ring (bicyclic) bond motifs is 2. The van der Waals surface area contributed by atoms with Gasteiger partial charge in [-0.05, 0) is 42.8 Å². The average Bonchev–Trinajstić information content (AvgIpc) is 2.79. The first-order chi connectivity index (χ1) is 16.3. The fourth-order valence-electron chi connectivity index (χ4n) is 4.44. The molecule has 4 N–H and O–H groups in total. The molecule has 10 heteroatoms. The Balaban J connectivity index is 1.42. The number of ether oxygens (including phenoxy) is 1. The maximum Gasteiger partial charge on any atom is 0.413 e. The number of anilines is 3. The summed E-state index contributed by atoms with van der Waals surface area (Å²) in [5, 5.41) is 7.02. The van der Waals surface area contributed by atoms with Crippen molar-refractivity contribution in [2.24, 2.45) is 0 Å². The molecule has 5 rings (SSSR count). The number of nitrogens with two attached hydrogens (primary N) is 1. The summed E-state index contributed by atoms with van der Waals surface area (Å²) in [4.78, 5) is 33.8. The van der Waals surface area contributed by atoms with Crippen LogP contribution in [0, 0.1) is 12.7 Å². The molecular weight excluding hydrogens is 439 g/mol. The maximum absolute atomic E-state index is 15.3. The van der Waals surface area contributed by atoms with Crippen LogP contribution in [0.1, 0.15) is 24.6 Å². The summed E-state index contributed by atoms with van der Waals surface area (Å²) in [5.74, 6) is -0.341. The van der Waals surface area contributed by atoms with Gasteiger partial charge in [-0.1, -0.05) is 0 Å². The minimum atomic E-state index is -0.670. The van der Waals surface area contributed by atoms with Crippen molar-refractivity contribution < 1.29 is 18.7 Å². The Bertz CT molecular complexity index is 1320. The highest BCUT2D eigenvalue weighted by Crippen LogP contribution is 2.38. The van der Waals surface area contributed by atoms with Gasteiger partial charge in [-0.25, -0.2) is 14.2 Å². The summed E-state index contributed by atoms with van der Waals surface area (Å²) in [6.07, 6.45) is 3.98. The first-order valence-corrected chi connectivity index (χ1v) is 11.2. The molecule has 1 fully saturated rings. The summed E-state index contributed by atoms with van der Waals surface area (Å²) in [6.45, 7) is 5.01. The second-order valence-electron chi connectivity index (χ2n) is 8.67. The minimum Gasteiger partial charge on any atom is -0.442 e. The number of rotatable bonds is 3. The molecule has 1 aromatic carbocycles. The standard InChI is InChI=1S/C24H25FN6O3/c1-12-17(8-28-19-4-3-5-27-23(12)19)16-6-14-7-20(29-9-18(14)22(26)21(16)25)30-24(33)34-15-10-31(11-15)13(2)32/h6-9,15,27H,3-5,10-11,26H2,1-2H3,(H,29,30,33). The third kappa shape index (κ3) is 3.85. The van der Waals surface area contributed by atoms with Crippen LogP contribution in [-0.4, -0.2) is 52.6 Å². The molecule has 2 aliphatic rings. The van der Waals surface area contributed by atoms with Gasteiger partial charge in [0.05, 0.1) is 30.2 Å². The summed E-state index contributed by atoms with van der Waals surface area (Å²) in [7, 11) is 0. The van der Waals surface area contributed by atoms with Gasteiger partial charge in [0.1, 0.15) is 11.9 Å². The second kappa shape index (κ2) is 8.44. The second-order valence-corrected chi connectivity index (χ2v) is 8.67. The summed E-state index contributed by atoms with van der Waals surface area (Å²) in [6, 6.07) is 3.31. The zero-order valence-corrected chi connectivity index (χ0v) is 18.9. The van der Waals surface area contributed by atoms with Gasteiger partial charge in [-0.15, -0.1) is 0 Å². The van der Waals surface area contributed by atoms with Crippen molar-refractivity contribution in [3.05, 3.63) is 41.6 Å². The number of aromatic nitrogens is 2. The molecular formula is C24H25FN6O3. The molecule has 2 aliphatic heterocycles. The molecule has 9 nitrogen and oxygen atoms in total. The lowest BCUT2D eigenvalue weighted by molar-refractivity contribution is -0.138. The number of hydrogen-bond donors (Lipinski definition) is 3. The number of hydrogen-bond acceptors (Lipinski definition) is 7. The van der Waals surface area contributed by atoms with Crippen LogP contribution >= 0.6 is 0 Å². The number of halogens is 1. The molecule has 0 bridgehead atoms. The highest BCUT2D eigenvalue weighted by atomic mass is 19.1. The first-order valence-electron chi connectivity index (χ1n) is 11.2. The van der Waals surface area contributed by atoms with Gasteiger partial charge in [0, 0.05) is 42.4 Å². The van der Waals surface area contributed by atoms with E-state index in [1.54, 1.807) is 23.2 Å². The van der Waals surface area contributed by atoms with Crippen molar-refractivity contribution in [1.29, 1.82) is 0 Å². The predicted octanol–water partition coefficient (Wildman–Crippen LogP) is 3.46. The highest BCUT2D eigenvalue weighted by molar-refractivity contribution is 5.99. The number of aryl methyl sites for hydroxylation is 1. The third-order valence-electron chi connectivity index (χ3n) is 6.40. The van der Waals surface area contributed by atoms with Crippen molar-refractivity contribution in [2.75, 3.05) is 36.0 Å². The van der Waals surface area contributed by atoms with Crippen molar-refractivity contribution in [1.82, 2.24) is 14.9 Å². The van der Waals surface area contributed by atoms with E-state index in [-0.39, 0.29) is 23.5 Å². The summed E-state index contributed by atoms with van der Waals surface area (Å²) >= 11 is 0. The molecule has 4 heterocycles. The normalized spacial score (nSPS) is 15.3. The lowest BCUT2D eigenvalue weighted by Crippen LogP contribution is -2.54. The van der Waals surface area contributed by atoms with Gasteiger partial charge >= 0.3 is 6.09 Å². The third-order valence-corrected chi connectivity index (χ3v) is 6.40. The van der Waals surface area contributed by atoms with Gasteiger partial charge in [-0.3, -0.25) is 15.1 Å². The van der Waals surface area contributed by atoms with Crippen molar-refractivity contribution in [3.8, 4) is 11.1 Å². The van der Waals surface area contributed by atoms with Crippen molar-refractivity contribution in [2.45, 2.75) is 32.8 Å². The van der Waals surface area contributed by atoms with Crippen LogP contribution in [0.25, 0.3) is 21.9 Å². The van der Waals surface area contributed by atoms with Gasteiger partial charge in [-0.2, -0.15) is 0 Å². The number of benzene rings is 1. The number of pyridine rings is 2. The van der Waals surface area contributed by atoms with Crippen LogP contribution in [0.4, 0.5) is 26.4 Å². The van der Waals surface area contributed by atoms with Gasteiger partial charge in [0.2, 0.25) is 5.91 Å². The van der Waals surface area contributed by atoms with E-state index in [1.807, 2.05) is 6.92 Å². The molecule has 0 aliphatic carbocycles. The number of nitrogens with one attached hydrogen (secondary N) is 2. The largest absolute Gasteiger partial charge is 0.442 e. The first kappa shape index (κ1) is 21.9.